The Balaban J connectivity index is 2.29. The Labute approximate surface area is 106 Å². The second kappa shape index (κ2) is 5.40. The summed E-state index contributed by atoms with van der Waals surface area (Å²) in [7, 11) is 3.20. The maximum atomic E-state index is 9.52. The van der Waals surface area contributed by atoms with E-state index in [1.807, 2.05) is 12.1 Å². The molecule has 18 heavy (non-hydrogen) atoms. The van der Waals surface area contributed by atoms with Crippen LogP contribution in [-0.2, 0) is 6.42 Å². The minimum Gasteiger partial charge on any atom is -0.508 e. The largest absolute Gasteiger partial charge is 0.508 e. The SMILES string of the molecule is COc1cc(Cc2cc(O)ccc2OC)ccn1. The van der Waals surface area contributed by atoms with E-state index in [1.54, 1.807) is 38.6 Å². The van der Waals surface area contributed by atoms with Gasteiger partial charge in [-0.3, -0.25) is 0 Å². The molecule has 2 aromatic rings. The summed E-state index contributed by atoms with van der Waals surface area (Å²) in [5.74, 6) is 1.56. The number of aromatic hydroxyl groups is 1. The molecule has 1 heterocycles. The average molecular weight is 245 g/mol. The van der Waals surface area contributed by atoms with E-state index < -0.39 is 0 Å². The van der Waals surface area contributed by atoms with Crippen LogP contribution < -0.4 is 9.47 Å². The van der Waals surface area contributed by atoms with E-state index in [4.69, 9.17) is 9.47 Å². The van der Waals surface area contributed by atoms with Crippen molar-refractivity contribution < 1.29 is 14.6 Å². The first kappa shape index (κ1) is 12.2. The van der Waals surface area contributed by atoms with Crippen LogP contribution in [0.1, 0.15) is 11.1 Å². The third-order valence-electron chi connectivity index (χ3n) is 2.67. The zero-order valence-corrected chi connectivity index (χ0v) is 10.4. The summed E-state index contributed by atoms with van der Waals surface area (Å²) in [4.78, 5) is 4.06. The van der Waals surface area contributed by atoms with Crippen LogP contribution in [0.15, 0.2) is 36.5 Å². The van der Waals surface area contributed by atoms with E-state index in [-0.39, 0.29) is 5.75 Å². The molecule has 4 nitrogen and oxygen atoms in total. The second-order valence-corrected chi connectivity index (χ2v) is 3.88. The normalized spacial score (nSPS) is 10.1. The smallest absolute Gasteiger partial charge is 0.213 e. The molecule has 0 amide bonds. The van der Waals surface area contributed by atoms with Gasteiger partial charge in [0.1, 0.15) is 11.5 Å². The second-order valence-electron chi connectivity index (χ2n) is 3.88. The molecule has 0 atom stereocenters. The Bertz CT molecular complexity index is 540. The van der Waals surface area contributed by atoms with Crippen LogP contribution in [0, 0.1) is 0 Å². The molecule has 0 aliphatic heterocycles. The number of ether oxygens (including phenoxy) is 2. The molecule has 2 rings (SSSR count). The summed E-state index contributed by atoms with van der Waals surface area (Å²) in [6, 6.07) is 8.83. The standard InChI is InChI=1S/C14H15NO3/c1-17-13-4-3-12(16)9-11(13)7-10-5-6-15-14(8-10)18-2/h3-6,8-9,16H,7H2,1-2H3. The van der Waals surface area contributed by atoms with Crippen molar-refractivity contribution in [2.24, 2.45) is 0 Å². The molecule has 0 aliphatic carbocycles. The van der Waals surface area contributed by atoms with Gasteiger partial charge in [0.15, 0.2) is 0 Å². The van der Waals surface area contributed by atoms with Crippen molar-refractivity contribution in [3.63, 3.8) is 0 Å². The number of hydrogen-bond donors (Lipinski definition) is 1. The number of pyridine rings is 1. The minimum absolute atomic E-state index is 0.229. The monoisotopic (exact) mass is 245 g/mol. The van der Waals surface area contributed by atoms with Gasteiger partial charge < -0.3 is 14.6 Å². The highest BCUT2D eigenvalue weighted by atomic mass is 16.5. The van der Waals surface area contributed by atoms with E-state index >= 15 is 0 Å². The topological polar surface area (TPSA) is 51.6 Å². The highest BCUT2D eigenvalue weighted by Gasteiger charge is 2.06. The molecule has 0 saturated heterocycles. The van der Waals surface area contributed by atoms with Gasteiger partial charge >= 0.3 is 0 Å². The number of hydrogen-bond acceptors (Lipinski definition) is 4. The fourth-order valence-corrected chi connectivity index (χ4v) is 1.80. The van der Waals surface area contributed by atoms with Crippen molar-refractivity contribution in [1.82, 2.24) is 4.98 Å². The highest BCUT2D eigenvalue weighted by Crippen LogP contribution is 2.26. The maximum absolute atomic E-state index is 9.52. The van der Waals surface area contributed by atoms with Crippen molar-refractivity contribution in [3.8, 4) is 17.4 Å². The molecule has 1 aromatic carbocycles. The zero-order valence-electron chi connectivity index (χ0n) is 10.4. The third-order valence-corrected chi connectivity index (χ3v) is 2.67. The summed E-state index contributed by atoms with van der Waals surface area (Å²) in [5, 5.41) is 9.52. The summed E-state index contributed by atoms with van der Waals surface area (Å²) in [6.45, 7) is 0. The number of rotatable bonds is 4. The molecule has 94 valence electrons. The van der Waals surface area contributed by atoms with Crippen molar-refractivity contribution in [1.29, 1.82) is 0 Å². The van der Waals surface area contributed by atoms with Gasteiger partial charge in [-0.15, -0.1) is 0 Å². The Kier molecular flexibility index (Phi) is 3.67. The lowest BCUT2D eigenvalue weighted by Crippen LogP contribution is -1.95. The molecule has 0 fully saturated rings. The molecule has 0 unspecified atom stereocenters. The molecule has 1 N–H and O–H groups in total. The van der Waals surface area contributed by atoms with Gasteiger partial charge in [0.25, 0.3) is 0 Å². The Morgan fingerprint density at radius 3 is 2.67 bits per heavy atom. The number of aromatic nitrogens is 1. The predicted octanol–water partition coefficient (Wildman–Crippen LogP) is 2.40. The minimum atomic E-state index is 0.229. The lowest BCUT2D eigenvalue weighted by molar-refractivity contribution is 0.397. The van der Waals surface area contributed by atoms with Crippen LogP contribution in [0.4, 0.5) is 0 Å². The van der Waals surface area contributed by atoms with E-state index in [0.717, 1.165) is 16.9 Å². The third kappa shape index (κ3) is 2.71. The number of phenols is 1. The van der Waals surface area contributed by atoms with E-state index in [9.17, 15) is 5.11 Å². The van der Waals surface area contributed by atoms with Gasteiger partial charge in [0, 0.05) is 24.2 Å². The lowest BCUT2D eigenvalue weighted by atomic mass is 10.0. The Morgan fingerprint density at radius 1 is 1.11 bits per heavy atom. The van der Waals surface area contributed by atoms with Crippen LogP contribution in [0.3, 0.4) is 0 Å². The molecule has 0 bridgehead atoms. The first-order chi connectivity index (χ1) is 8.72. The van der Waals surface area contributed by atoms with Crippen LogP contribution in [0.25, 0.3) is 0 Å². The van der Waals surface area contributed by atoms with Crippen LogP contribution in [0.2, 0.25) is 0 Å². The first-order valence-electron chi connectivity index (χ1n) is 5.57. The van der Waals surface area contributed by atoms with Gasteiger partial charge in [0.2, 0.25) is 5.88 Å². The van der Waals surface area contributed by atoms with Crippen molar-refractivity contribution in [3.05, 3.63) is 47.7 Å². The fourth-order valence-electron chi connectivity index (χ4n) is 1.80. The summed E-state index contributed by atoms with van der Waals surface area (Å²) in [6.07, 6.45) is 2.35. The fraction of sp³-hybridized carbons (Fsp3) is 0.214. The number of benzene rings is 1. The molecule has 4 heteroatoms. The van der Waals surface area contributed by atoms with Crippen LogP contribution in [-0.4, -0.2) is 24.3 Å². The van der Waals surface area contributed by atoms with Crippen molar-refractivity contribution in [2.75, 3.05) is 14.2 Å². The maximum Gasteiger partial charge on any atom is 0.213 e. The lowest BCUT2D eigenvalue weighted by Gasteiger charge is -2.09. The van der Waals surface area contributed by atoms with E-state index in [2.05, 4.69) is 4.98 Å². The van der Waals surface area contributed by atoms with Crippen molar-refractivity contribution in [2.45, 2.75) is 6.42 Å². The van der Waals surface area contributed by atoms with Gasteiger partial charge in [-0.05, 0) is 29.8 Å². The number of methoxy groups -OCH3 is 2. The number of phenolic OH excluding ortho intramolecular Hbond substituents is 1. The predicted molar refractivity (Wildman–Crippen MR) is 68.3 cm³/mol. The average Bonchev–Trinajstić information content (AvgIpc) is 2.39. The Hall–Kier alpha value is -2.23. The zero-order chi connectivity index (χ0) is 13.0. The molecular weight excluding hydrogens is 230 g/mol. The molecule has 0 spiro atoms. The van der Waals surface area contributed by atoms with Crippen molar-refractivity contribution >= 4 is 0 Å². The first-order valence-corrected chi connectivity index (χ1v) is 5.57. The van der Waals surface area contributed by atoms with Crippen LogP contribution >= 0.6 is 0 Å². The van der Waals surface area contributed by atoms with E-state index in [1.165, 1.54) is 0 Å². The molecule has 0 saturated carbocycles. The summed E-state index contributed by atoms with van der Waals surface area (Å²) in [5.41, 5.74) is 1.97. The molecular formula is C14H15NO3. The van der Waals surface area contributed by atoms with Gasteiger partial charge in [-0.25, -0.2) is 4.98 Å². The van der Waals surface area contributed by atoms with Gasteiger partial charge in [-0.2, -0.15) is 0 Å². The summed E-state index contributed by atoms with van der Waals surface area (Å²) >= 11 is 0. The molecule has 1 aromatic heterocycles. The summed E-state index contributed by atoms with van der Waals surface area (Å²) < 4.78 is 10.4. The molecule has 0 radical (unpaired) electrons. The quantitative estimate of drug-likeness (QED) is 0.898. The van der Waals surface area contributed by atoms with E-state index in [0.29, 0.717) is 12.3 Å². The van der Waals surface area contributed by atoms with Gasteiger partial charge in [0.05, 0.1) is 14.2 Å². The highest BCUT2D eigenvalue weighted by molar-refractivity contribution is 5.42. The molecule has 0 aliphatic rings. The van der Waals surface area contributed by atoms with Crippen LogP contribution in [0.5, 0.6) is 17.4 Å². The van der Waals surface area contributed by atoms with Gasteiger partial charge in [-0.1, -0.05) is 0 Å². The Morgan fingerprint density at radius 2 is 1.94 bits per heavy atom. The number of nitrogens with zero attached hydrogens (tertiary/aromatic N) is 1.